The van der Waals surface area contributed by atoms with E-state index in [0.717, 1.165) is 44.5 Å². The summed E-state index contributed by atoms with van der Waals surface area (Å²) in [6.07, 6.45) is 7.77. The summed E-state index contributed by atoms with van der Waals surface area (Å²) in [6, 6.07) is 1.94. The van der Waals surface area contributed by atoms with Gasteiger partial charge in [-0.15, -0.1) is 5.10 Å². The summed E-state index contributed by atoms with van der Waals surface area (Å²) in [5, 5.41) is 4.64. The van der Waals surface area contributed by atoms with Crippen LogP contribution in [0.25, 0.3) is 0 Å². The van der Waals surface area contributed by atoms with E-state index in [1.165, 1.54) is 19.3 Å². The molecule has 0 bridgehead atoms. The number of rotatable bonds is 6. The minimum absolute atomic E-state index is 0.00812. The number of morpholine rings is 1. The van der Waals surface area contributed by atoms with Crippen LogP contribution in [0.15, 0.2) is 10.9 Å². The van der Waals surface area contributed by atoms with Gasteiger partial charge in [-0.2, -0.15) is 0 Å². The summed E-state index contributed by atoms with van der Waals surface area (Å²) in [6.45, 7) is 5.70. The number of hydrogen-bond acceptors (Lipinski definition) is 5. The average molecular weight is 335 g/mol. The summed E-state index contributed by atoms with van der Waals surface area (Å²) < 4.78 is 13.1. The highest BCUT2D eigenvalue weighted by Gasteiger charge is 2.23. The molecule has 0 unspecified atom stereocenters. The topological polar surface area (TPSA) is 56.6 Å². The van der Waals surface area contributed by atoms with E-state index in [9.17, 15) is 4.79 Å². The Kier molecular flexibility index (Phi) is 6.12. The van der Waals surface area contributed by atoms with E-state index >= 15 is 0 Å². The second-order valence-corrected chi connectivity index (χ2v) is 6.71. The van der Waals surface area contributed by atoms with Crippen LogP contribution in [0.2, 0.25) is 0 Å². The fourth-order valence-electron chi connectivity index (χ4n) is 3.48. The van der Waals surface area contributed by atoms with Crippen LogP contribution in [-0.4, -0.2) is 42.7 Å². The molecule has 6 heteroatoms. The SMILES string of the molecule is CCCCOc1nn(C2CCCCC2)c(=O)cc1N1CCOCC1. The van der Waals surface area contributed by atoms with Gasteiger partial charge in [0.15, 0.2) is 0 Å². The maximum Gasteiger partial charge on any atom is 0.269 e. The van der Waals surface area contributed by atoms with Gasteiger partial charge in [-0.1, -0.05) is 32.6 Å². The summed E-state index contributed by atoms with van der Waals surface area (Å²) >= 11 is 0. The molecule has 0 aromatic carbocycles. The maximum absolute atomic E-state index is 12.7. The minimum Gasteiger partial charge on any atom is -0.475 e. The van der Waals surface area contributed by atoms with Crippen LogP contribution < -0.4 is 15.2 Å². The molecule has 1 aromatic rings. The Bertz CT molecular complexity index is 575. The van der Waals surface area contributed by atoms with Crippen molar-refractivity contribution in [3.63, 3.8) is 0 Å². The molecule has 6 nitrogen and oxygen atoms in total. The van der Waals surface area contributed by atoms with Gasteiger partial charge < -0.3 is 14.4 Å². The van der Waals surface area contributed by atoms with Gasteiger partial charge in [0.25, 0.3) is 11.4 Å². The second kappa shape index (κ2) is 8.51. The zero-order chi connectivity index (χ0) is 16.8. The molecule has 2 fully saturated rings. The molecular weight excluding hydrogens is 306 g/mol. The average Bonchev–Trinajstić information content (AvgIpc) is 2.64. The third-order valence-electron chi connectivity index (χ3n) is 4.91. The number of nitrogens with zero attached hydrogens (tertiary/aromatic N) is 3. The first-order valence-electron chi connectivity index (χ1n) is 9.39. The lowest BCUT2D eigenvalue weighted by Crippen LogP contribution is -2.38. The van der Waals surface area contributed by atoms with Crippen LogP contribution in [-0.2, 0) is 4.74 Å². The van der Waals surface area contributed by atoms with Gasteiger partial charge in [0.1, 0.15) is 5.69 Å². The molecule has 1 aromatic heterocycles. The Balaban J connectivity index is 1.88. The van der Waals surface area contributed by atoms with Crippen LogP contribution >= 0.6 is 0 Å². The number of anilines is 1. The van der Waals surface area contributed by atoms with Crippen LogP contribution in [0.5, 0.6) is 5.88 Å². The van der Waals surface area contributed by atoms with Crippen molar-refractivity contribution in [2.45, 2.75) is 57.9 Å². The molecular formula is C18H29N3O3. The van der Waals surface area contributed by atoms with Gasteiger partial charge in [-0.25, -0.2) is 4.68 Å². The third kappa shape index (κ3) is 4.09. The Hall–Kier alpha value is -1.56. The van der Waals surface area contributed by atoms with Crippen molar-refractivity contribution in [1.29, 1.82) is 0 Å². The van der Waals surface area contributed by atoms with Crippen molar-refractivity contribution in [3.05, 3.63) is 16.4 Å². The van der Waals surface area contributed by atoms with Gasteiger partial charge in [0.05, 0.1) is 25.9 Å². The smallest absolute Gasteiger partial charge is 0.269 e. The Morgan fingerprint density at radius 1 is 1.25 bits per heavy atom. The molecule has 0 spiro atoms. The molecule has 24 heavy (non-hydrogen) atoms. The third-order valence-corrected chi connectivity index (χ3v) is 4.91. The van der Waals surface area contributed by atoms with Crippen molar-refractivity contribution in [1.82, 2.24) is 9.78 Å². The van der Waals surface area contributed by atoms with Gasteiger partial charge in [-0.05, 0) is 19.3 Å². The first-order valence-corrected chi connectivity index (χ1v) is 9.39. The summed E-state index contributed by atoms with van der Waals surface area (Å²) in [4.78, 5) is 14.8. The van der Waals surface area contributed by atoms with Crippen LogP contribution in [0.4, 0.5) is 5.69 Å². The highest BCUT2D eigenvalue weighted by Crippen LogP contribution is 2.30. The summed E-state index contributed by atoms with van der Waals surface area (Å²) in [7, 11) is 0. The van der Waals surface area contributed by atoms with Crippen LogP contribution in [0.1, 0.15) is 57.9 Å². The van der Waals surface area contributed by atoms with Crippen molar-refractivity contribution in [2.24, 2.45) is 0 Å². The first kappa shape index (κ1) is 17.3. The standard InChI is InChI=1S/C18H29N3O3/c1-2-3-11-24-18-16(20-9-12-23-13-10-20)14-17(22)21(19-18)15-7-5-4-6-8-15/h14-15H,2-13H2,1H3. The number of ether oxygens (including phenoxy) is 2. The van der Waals surface area contributed by atoms with Crippen LogP contribution in [0.3, 0.4) is 0 Å². The van der Waals surface area contributed by atoms with E-state index in [-0.39, 0.29) is 11.6 Å². The second-order valence-electron chi connectivity index (χ2n) is 6.71. The Morgan fingerprint density at radius 3 is 2.71 bits per heavy atom. The van der Waals surface area contributed by atoms with Gasteiger partial charge in [-0.3, -0.25) is 4.79 Å². The number of hydrogen-bond donors (Lipinski definition) is 0. The molecule has 0 amide bonds. The molecule has 1 aliphatic heterocycles. The van der Waals surface area contributed by atoms with Crippen molar-refractivity contribution >= 4 is 5.69 Å². The normalized spacial score (nSPS) is 19.5. The van der Waals surface area contributed by atoms with Crippen LogP contribution in [0, 0.1) is 0 Å². The van der Waals surface area contributed by atoms with Gasteiger partial charge >= 0.3 is 0 Å². The van der Waals surface area contributed by atoms with Crippen molar-refractivity contribution in [3.8, 4) is 5.88 Å². The summed E-state index contributed by atoms with van der Waals surface area (Å²) in [5.74, 6) is 0.607. The minimum atomic E-state index is -0.00812. The highest BCUT2D eigenvalue weighted by molar-refractivity contribution is 5.54. The van der Waals surface area contributed by atoms with E-state index in [1.54, 1.807) is 10.7 Å². The van der Waals surface area contributed by atoms with E-state index in [1.807, 2.05) is 0 Å². The predicted octanol–water partition coefficient (Wildman–Crippen LogP) is 2.76. The predicted molar refractivity (Wildman–Crippen MR) is 94.1 cm³/mol. The zero-order valence-corrected chi connectivity index (χ0v) is 14.7. The Morgan fingerprint density at radius 2 is 2.00 bits per heavy atom. The zero-order valence-electron chi connectivity index (χ0n) is 14.7. The monoisotopic (exact) mass is 335 g/mol. The molecule has 1 saturated heterocycles. The van der Waals surface area contributed by atoms with Gasteiger partial charge in [0, 0.05) is 19.2 Å². The lowest BCUT2D eigenvalue weighted by molar-refractivity contribution is 0.122. The van der Waals surface area contributed by atoms with E-state index in [2.05, 4.69) is 16.9 Å². The molecule has 1 saturated carbocycles. The maximum atomic E-state index is 12.7. The molecule has 1 aliphatic carbocycles. The lowest BCUT2D eigenvalue weighted by atomic mass is 9.96. The largest absolute Gasteiger partial charge is 0.475 e. The highest BCUT2D eigenvalue weighted by atomic mass is 16.5. The summed E-state index contributed by atoms with van der Waals surface area (Å²) in [5.41, 5.74) is 0.817. The number of unbranched alkanes of at least 4 members (excludes halogenated alkanes) is 1. The fourth-order valence-corrected chi connectivity index (χ4v) is 3.48. The molecule has 134 valence electrons. The first-order chi connectivity index (χ1) is 11.8. The quantitative estimate of drug-likeness (QED) is 0.748. The number of aromatic nitrogens is 2. The molecule has 0 radical (unpaired) electrons. The molecule has 2 aliphatic rings. The molecule has 0 N–H and O–H groups in total. The fraction of sp³-hybridized carbons (Fsp3) is 0.778. The molecule has 3 rings (SSSR count). The van der Waals surface area contributed by atoms with Gasteiger partial charge in [0.2, 0.25) is 0 Å². The Labute approximate surface area is 143 Å². The van der Waals surface area contributed by atoms with E-state index < -0.39 is 0 Å². The van der Waals surface area contributed by atoms with E-state index in [0.29, 0.717) is 25.7 Å². The molecule has 0 atom stereocenters. The lowest BCUT2D eigenvalue weighted by Gasteiger charge is -2.30. The van der Waals surface area contributed by atoms with Crippen molar-refractivity contribution in [2.75, 3.05) is 37.8 Å². The van der Waals surface area contributed by atoms with E-state index in [4.69, 9.17) is 9.47 Å². The molecule has 2 heterocycles. The van der Waals surface area contributed by atoms with Crippen molar-refractivity contribution < 1.29 is 9.47 Å².